The fourth-order valence-corrected chi connectivity index (χ4v) is 2.42. The predicted octanol–water partition coefficient (Wildman–Crippen LogP) is 1.57. The lowest BCUT2D eigenvalue weighted by molar-refractivity contribution is 0.0625. The van der Waals surface area contributed by atoms with Gasteiger partial charge < -0.3 is 14.6 Å². The molecule has 1 N–H and O–H groups in total. The first-order valence-corrected chi connectivity index (χ1v) is 6.54. The molecule has 0 saturated carbocycles. The van der Waals surface area contributed by atoms with E-state index in [0.717, 1.165) is 24.3 Å². The number of nitrogens with one attached hydrogen (secondary N) is 1. The lowest BCUT2D eigenvalue weighted by atomic mass is 10.2. The largest absolute Gasteiger partial charge is 0.449 e. The van der Waals surface area contributed by atoms with Crippen molar-refractivity contribution in [3.63, 3.8) is 0 Å². The number of carbonyl (C=O) groups excluding carboxylic acids is 1. The van der Waals surface area contributed by atoms with Crippen LogP contribution in [0.4, 0.5) is 0 Å². The molecule has 5 heteroatoms. The highest BCUT2D eigenvalue weighted by molar-refractivity contribution is 5.95. The number of hydrogen-bond acceptors (Lipinski definition) is 4. The number of furan rings is 1. The summed E-state index contributed by atoms with van der Waals surface area (Å²) in [7, 11) is 0. The zero-order chi connectivity index (χ0) is 13.4. The van der Waals surface area contributed by atoms with Crippen LogP contribution in [0.15, 0.2) is 22.6 Å². The van der Waals surface area contributed by atoms with Crippen molar-refractivity contribution in [2.75, 3.05) is 19.6 Å². The van der Waals surface area contributed by atoms with Gasteiger partial charge in [0, 0.05) is 37.4 Å². The summed E-state index contributed by atoms with van der Waals surface area (Å²) in [6.07, 6.45) is 0. The zero-order valence-corrected chi connectivity index (χ0v) is 11.1. The van der Waals surface area contributed by atoms with Crippen LogP contribution >= 0.6 is 0 Å². The van der Waals surface area contributed by atoms with E-state index in [4.69, 9.17) is 4.42 Å². The van der Waals surface area contributed by atoms with E-state index in [9.17, 15) is 4.79 Å². The highest BCUT2D eigenvalue weighted by atomic mass is 16.3. The van der Waals surface area contributed by atoms with Crippen molar-refractivity contribution in [1.29, 1.82) is 0 Å². The van der Waals surface area contributed by atoms with Crippen LogP contribution < -0.4 is 5.32 Å². The summed E-state index contributed by atoms with van der Waals surface area (Å²) in [5, 5.41) is 3.27. The summed E-state index contributed by atoms with van der Waals surface area (Å²) >= 11 is 0. The highest BCUT2D eigenvalue weighted by Crippen LogP contribution is 2.20. The maximum atomic E-state index is 12.4. The van der Waals surface area contributed by atoms with E-state index < -0.39 is 0 Å². The quantitative estimate of drug-likeness (QED) is 0.844. The van der Waals surface area contributed by atoms with E-state index in [1.165, 1.54) is 0 Å². The van der Waals surface area contributed by atoms with E-state index >= 15 is 0 Å². The second-order valence-electron chi connectivity index (χ2n) is 5.00. The van der Waals surface area contributed by atoms with Gasteiger partial charge in [-0.05, 0) is 26.0 Å². The molecule has 0 radical (unpaired) electrons. The smallest absolute Gasteiger partial charge is 0.289 e. The molecule has 0 aromatic carbocycles. The Bertz CT molecular complexity index is 620. The molecule has 0 aliphatic carbocycles. The molecule has 3 heterocycles. The first-order chi connectivity index (χ1) is 9.15. The molecule has 1 aliphatic heterocycles. The number of rotatable bonds is 1. The first-order valence-electron chi connectivity index (χ1n) is 6.54. The number of carbonyl (C=O) groups is 1. The second kappa shape index (κ2) is 4.66. The maximum absolute atomic E-state index is 12.4. The van der Waals surface area contributed by atoms with E-state index in [1.54, 1.807) is 6.07 Å². The molecular weight excluding hydrogens is 242 g/mol. The first kappa shape index (κ1) is 12.2. The van der Waals surface area contributed by atoms with Crippen LogP contribution in [0.5, 0.6) is 0 Å². The molecule has 3 rings (SSSR count). The summed E-state index contributed by atoms with van der Waals surface area (Å²) in [5.41, 5.74) is 2.32. The molecule has 1 amide bonds. The van der Waals surface area contributed by atoms with Crippen molar-refractivity contribution >= 4 is 17.0 Å². The van der Waals surface area contributed by atoms with Gasteiger partial charge in [0.1, 0.15) is 5.52 Å². The van der Waals surface area contributed by atoms with Crippen LogP contribution in [0.25, 0.3) is 11.1 Å². The van der Waals surface area contributed by atoms with E-state index in [-0.39, 0.29) is 11.9 Å². The third-order valence-corrected chi connectivity index (χ3v) is 3.49. The Hall–Kier alpha value is -1.88. The van der Waals surface area contributed by atoms with Crippen molar-refractivity contribution in [3.05, 3.63) is 29.7 Å². The van der Waals surface area contributed by atoms with E-state index in [2.05, 4.69) is 10.3 Å². The van der Waals surface area contributed by atoms with E-state index in [1.807, 2.05) is 30.9 Å². The summed E-state index contributed by atoms with van der Waals surface area (Å²) < 4.78 is 5.61. The monoisotopic (exact) mass is 259 g/mol. The van der Waals surface area contributed by atoms with Gasteiger partial charge in [-0.1, -0.05) is 0 Å². The van der Waals surface area contributed by atoms with Gasteiger partial charge in [-0.2, -0.15) is 0 Å². The SMILES string of the molecule is Cc1ccc2oc(C(=O)N3CCNC[C@H]3C)cc2n1. The van der Waals surface area contributed by atoms with Crippen molar-refractivity contribution in [3.8, 4) is 0 Å². The maximum Gasteiger partial charge on any atom is 0.289 e. The minimum Gasteiger partial charge on any atom is -0.449 e. The lowest BCUT2D eigenvalue weighted by Crippen LogP contribution is -2.52. The Morgan fingerprint density at radius 1 is 1.53 bits per heavy atom. The number of aryl methyl sites for hydroxylation is 1. The number of aromatic nitrogens is 1. The van der Waals surface area contributed by atoms with Crippen LogP contribution in [0.1, 0.15) is 23.2 Å². The molecule has 0 spiro atoms. The molecule has 0 bridgehead atoms. The number of pyridine rings is 1. The molecule has 1 aliphatic rings. The summed E-state index contributed by atoms with van der Waals surface area (Å²) in [6.45, 7) is 6.32. The molecule has 19 heavy (non-hydrogen) atoms. The molecule has 0 unspecified atom stereocenters. The molecule has 5 nitrogen and oxygen atoms in total. The van der Waals surface area contributed by atoms with Crippen LogP contribution in [-0.4, -0.2) is 41.5 Å². The Morgan fingerprint density at radius 3 is 3.16 bits per heavy atom. The van der Waals surface area contributed by atoms with Crippen molar-refractivity contribution in [1.82, 2.24) is 15.2 Å². The number of nitrogens with zero attached hydrogens (tertiary/aromatic N) is 2. The third-order valence-electron chi connectivity index (χ3n) is 3.49. The van der Waals surface area contributed by atoms with E-state index in [0.29, 0.717) is 17.9 Å². The van der Waals surface area contributed by atoms with Crippen molar-refractivity contribution in [2.45, 2.75) is 19.9 Å². The molecule has 2 aromatic rings. The minimum atomic E-state index is -0.0512. The van der Waals surface area contributed by atoms with Crippen LogP contribution in [-0.2, 0) is 0 Å². The molecule has 1 atom stereocenters. The van der Waals surface area contributed by atoms with Crippen LogP contribution in [0.2, 0.25) is 0 Å². The normalized spacial score (nSPS) is 19.9. The second-order valence-corrected chi connectivity index (χ2v) is 5.00. The van der Waals surface area contributed by atoms with Crippen LogP contribution in [0, 0.1) is 6.92 Å². The van der Waals surface area contributed by atoms with Gasteiger partial charge in [0.15, 0.2) is 11.3 Å². The third kappa shape index (κ3) is 2.21. The van der Waals surface area contributed by atoms with Crippen molar-refractivity contribution < 1.29 is 9.21 Å². The van der Waals surface area contributed by atoms with Gasteiger partial charge >= 0.3 is 0 Å². The summed E-state index contributed by atoms with van der Waals surface area (Å²) in [4.78, 5) is 18.7. The number of amides is 1. The van der Waals surface area contributed by atoms with Gasteiger partial charge in [0.2, 0.25) is 0 Å². The summed E-state index contributed by atoms with van der Waals surface area (Å²) in [6, 6.07) is 5.66. The fourth-order valence-electron chi connectivity index (χ4n) is 2.42. The predicted molar refractivity (Wildman–Crippen MR) is 72.1 cm³/mol. The Labute approximate surface area is 111 Å². The molecule has 1 fully saturated rings. The molecular formula is C14H17N3O2. The zero-order valence-electron chi connectivity index (χ0n) is 11.1. The Kier molecular flexibility index (Phi) is 2.98. The van der Waals surface area contributed by atoms with Gasteiger partial charge in [0.25, 0.3) is 5.91 Å². The Balaban J connectivity index is 1.92. The number of piperazine rings is 1. The average Bonchev–Trinajstić information content (AvgIpc) is 2.81. The standard InChI is InChI=1S/C14H17N3O2/c1-9-3-4-12-11(16-9)7-13(19-12)14(18)17-6-5-15-8-10(17)2/h3-4,7,10,15H,5-6,8H2,1-2H3/t10-/m1/s1. The Morgan fingerprint density at radius 2 is 2.37 bits per heavy atom. The van der Waals surface area contributed by atoms with Gasteiger partial charge in [-0.15, -0.1) is 0 Å². The van der Waals surface area contributed by atoms with Gasteiger partial charge in [0.05, 0.1) is 0 Å². The summed E-state index contributed by atoms with van der Waals surface area (Å²) in [5.74, 6) is 0.325. The number of hydrogen-bond donors (Lipinski definition) is 1. The van der Waals surface area contributed by atoms with Crippen molar-refractivity contribution in [2.24, 2.45) is 0 Å². The number of fused-ring (bicyclic) bond motifs is 1. The van der Waals surface area contributed by atoms with Crippen LogP contribution in [0.3, 0.4) is 0 Å². The highest BCUT2D eigenvalue weighted by Gasteiger charge is 2.26. The minimum absolute atomic E-state index is 0.0512. The molecule has 1 saturated heterocycles. The molecule has 100 valence electrons. The fraction of sp³-hybridized carbons (Fsp3) is 0.429. The van der Waals surface area contributed by atoms with Gasteiger partial charge in [-0.3, -0.25) is 4.79 Å². The topological polar surface area (TPSA) is 58.4 Å². The average molecular weight is 259 g/mol. The molecule has 2 aromatic heterocycles. The lowest BCUT2D eigenvalue weighted by Gasteiger charge is -2.33. The van der Waals surface area contributed by atoms with Gasteiger partial charge in [-0.25, -0.2) is 4.98 Å².